The van der Waals surface area contributed by atoms with Crippen LogP contribution in [-0.4, -0.2) is 11.0 Å². The second kappa shape index (κ2) is 4.93. The summed E-state index contributed by atoms with van der Waals surface area (Å²) in [5.41, 5.74) is 4.20. The number of carbonyl (C=O) groups is 1. The molecule has 1 unspecified atom stereocenters. The van der Waals surface area contributed by atoms with Crippen LogP contribution in [0, 0.1) is 6.92 Å². The molecule has 102 valence electrons. The highest BCUT2D eigenvalue weighted by atomic mass is 35.5. The largest absolute Gasteiger partial charge is 0.384 e. The lowest BCUT2D eigenvalue weighted by atomic mass is 9.95. The third kappa shape index (κ3) is 2.30. The molecule has 2 aromatic rings. The zero-order valence-electron chi connectivity index (χ0n) is 11.0. The van der Waals surface area contributed by atoms with E-state index in [-0.39, 0.29) is 5.91 Å². The molecule has 0 saturated heterocycles. The van der Waals surface area contributed by atoms with Gasteiger partial charge in [-0.2, -0.15) is 0 Å². The highest BCUT2D eigenvalue weighted by Crippen LogP contribution is 2.35. The summed E-state index contributed by atoms with van der Waals surface area (Å²) in [7, 11) is 0. The summed E-state index contributed by atoms with van der Waals surface area (Å²) in [6, 6.07) is 11.0. The summed E-state index contributed by atoms with van der Waals surface area (Å²) in [6.45, 7) is 1.96. The number of anilines is 1. The van der Waals surface area contributed by atoms with Gasteiger partial charge in [-0.3, -0.25) is 4.79 Å². The van der Waals surface area contributed by atoms with E-state index in [4.69, 9.17) is 11.6 Å². The van der Waals surface area contributed by atoms with Gasteiger partial charge in [0.2, 0.25) is 5.91 Å². The number of carbonyl (C=O) groups excluding carboxylic acids is 1. The van der Waals surface area contributed by atoms with Crippen molar-refractivity contribution in [3.05, 3.63) is 63.7 Å². The van der Waals surface area contributed by atoms with Crippen LogP contribution in [0.5, 0.6) is 0 Å². The van der Waals surface area contributed by atoms with E-state index in [1.54, 1.807) is 24.3 Å². The number of aryl methyl sites for hydroxylation is 1. The van der Waals surface area contributed by atoms with Crippen LogP contribution in [0.25, 0.3) is 0 Å². The van der Waals surface area contributed by atoms with Gasteiger partial charge < -0.3 is 10.4 Å². The number of hydrogen-bond acceptors (Lipinski definition) is 2. The molecule has 0 radical (unpaired) electrons. The molecule has 2 N–H and O–H groups in total. The van der Waals surface area contributed by atoms with Crippen LogP contribution in [0.2, 0.25) is 5.02 Å². The SMILES string of the molecule is Cc1cc2c(c(C(O)c3ccc(Cl)cc3)c1)NC(=O)C2. The van der Waals surface area contributed by atoms with E-state index in [2.05, 4.69) is 5.32 Å². The summed E-state index contributed by atoms with van der Waals surface area (Å²) in [4.78, 5) is 11.6. The van der Waals surface area contributed by atoms with Crippen LogP contribution >= 0.6 is 11.6 Å². The highest BCUT2D eigenvalue weighted by Gasteiger charge is 2.25. The standard InChI is InChI=1S/C16H14ClNO2/c1-9-6-11-8-14(19)18-15(11)13(7-9)16(20)10-2-4-12(17)5-3-10/h2-7,16,20H,8H2,1H3,(H,18,19). The van der Waals surface area contributed by atoms with Crippen molar-refractivity contribution in [1.29, 1.82) is 0 Å². The Labute approximate surface area is 122 Å². The molecule has 3 rings (SSSR count). The Kier molecular flexibility index (Phi) is 3.24. The van der Waals surface area contributed by atoms with Gasteiger partial charge >= 0.3 is 0 Å². The topological polar surface area (TPSA) is 49.3 Å². The summed E-state index contributed by atoms with van der Waals surface area (Å²) in [5, 5.41) is 14.0. The average Bonchev–Trinajstić information content (AvgIpc) is 2.78. The quantitative estimate of drug-likeness (QED) is 0.891. The molecule has 1 aliphatic rings. The Bertz CT molecular complexity index is 680. The number of rotatable bonds is 2. The summed E-state index contributed by atoms with van der Waals surface area (Å²) < 4.78 is 0. The number of hydrogen-bond donors (Lipinski definition) is 2. The molecule has 0 aliphatic carbocycles. The maximum atomic E-state index is 11.6. The van der Waals surface area contributed by atoms with E-state index in [0.717, 1.165) is 27.9 Å². The molecule has 1 aliphatic heterocycles. The summed E-state index contributed by atoms with van der Waals surface area (Å²) in [5.74, 6) is -0.0323. The molecule has 0 saturated carbocycles. The van der Waals surface area contributed by atoms with Crippen LogP contribution in [-0.2, 0) is 11.2 Å². The normalized spacial score (nSPS) is 14.8. The second-order valence-corrected chi connectivity index (χ2v) is 5.50. The molecule has 0 bridgehead atoms. The first-order valence-corrected chi connectivity index (χ1v) is 6.79. The molecule has 0 aromatic heterocycles. The number of fused-ring (bicyclic) bond motifs is 1. The van der Waals surface area contributed by atoms with Crippen LogP contribution in [0.15, 0.2) is 36.4 Å². The smallest absolute Gasteiger partial charge is 0.228 e. The first-order valence-electron chi connectivity index (χ1n) is 6.41. The monoisotopic (exact) mass is 287 g/mol. The highest BCUT2D eigenvalue weighted by molar-refractivity contribution is 6.30. The van der Waals surface area contributed by atoms with Crippen molar-refractivity contribution in [3.8, 4) is 0 Å². The van der Waals surface area contributed by atoms with Gasteiger partial charge in [0.25, 0.3) is 0 Å². The van der Waals surface area contributed by atoms with Gasteiger partial charge in [0.15, 0.2) is 0 Å². The van der Waals surface area contributed by atoms with E-state index in [9.17, 15) is 9.90 Å². The number of benzene rings is 2. The Morgan fingerprint density at radius 2 is 1.95 bits per heavy atom. The minimum atomic E-state index is -0.778. The van der Waals surface area contributed by atoms with Crippen molar-refractivity contribution in [1.82, 2.24) is 0 Å². The van der Waals surface area contributed by atoms with E-state index >= 15 is 0 Å². The molecule has 1 amide bonds. The third-order valence-corrected chi connectivity index (χ3v) is 3.74. The number of amides is 1. The Hall–Kier alpha value is -1.84. The zero-order chi connectivity index (χ0) is 14.3. The molecule has 20 heavy (non-hydrogen) atoms. The molecular weight excluding hydrogens is 274 g/mol. The minimum Gasteiger partial charge on any atom is -0.384 e. The van der Waals surface area contributed by atoms with E-state index in [1.807, 2.05) is 19.1 Å². The number of nitrogens with one attached hydrogen (secondary N) is 1. The fourth-order valence-corrected chi connectivity index (χ4v) is 2.71. The average molecular weight is 288 g/mol. The fourth-order valence-electron chi connectivity index (χ4n) is 2.58. The maximum absolute atomic E-state index is 11.6. The van der Waals surface area contributed by atoms with E-state index in [1.165, 1.54) is 0 Å². The van der Waals surface area contributed by atoms with Crippen LogP contribution in [0.4, 0.5) is 5.69 Å². The van der Waals surface area contributed by atoms with Crippen LogP contribution < -0.4 is 5.32 Å². The van der Waals surface area contributed by atoms with Gasteiger partial charge in [-0.05, 0) is 30.2 Å². The third-order valence-electron chi connectivity index (χ3n) is 3.49. The van der Waals surface area contributed by atoms with Gasteiger partial charge in [0.1, 0.15) is 6.10 Å². The van der Waals surface area contributed by atoms with E-state index < -0.39 is 6.10 Å². The molecular formula is C16H14ClNO2. The molecule has 0 spiro atoms. The van der Waals surface area contributed by atoms with Gasteiger partial charge in [-0.15, -0.1) is 0 Å². The second-order valence-electron chi connectivity index (χ2n) is 5.07. The number of halogens is 1. The van der Waals surface area contributed by atoms with Gasteiger partial charge in [-0.1, -0.05) is 41.4 Å². The Morgan fingerprint density at radius 1 is 1.25 bits per heavy atom. The lowest BCUT2D eigenvalue weighted by molar-refractivity contribution is -0.115. The number of aliphatic hydroxyl groups is 1. The number of aliphatic hydroxyl groups excluding tert-OH is 1. The lowest BCUT2D eigenvalue weighted by Gasteiger charge is -2.16. The first-order chi connectivity index (χ1) is 9.54. The fraction of sp³-hybridized carbons (Fsp3) is 0.188. The molecule has 2 aromatic carbocycles. The van der Waals surface area contributed by atoms with Gasteiger partial charge in [0.05, 0.1) is 12.1 Å². The maximum Gasteiger partial charge on any atom is 0.228 e. The summed E-state index contributed by atoms with van der Waals surface area (Å²) >= 11 is 5.86. The first kappa shape index (κ1) is 13.2. The van der Waals surface area contributed by atoms with Crippen molar-refractivity contribution in [3.63, 3.8) is 0 Å². The Morgan fingerprint density at radius 3 is 2.65 bits per heavy atom. The van der Waals surface area contributed by atoms with Crippen molar-refractivity contribution in [2.75, 3.05) is 5.32 Å². The Balaban J connectivity index is 2.06. The lowest BCUT2D eigenvalue weighted by Crippen LogP contribution is -2.07. The van der Waals surface area contributed by atoms with Gasteiger partial charge in [0, 0.05) is 10.6 Å². The predicted octanol–water partition coefficient (Wildman–Crippen LogP) is 3.22. The molecule has 0 fully saturated rings. The molecule has 4 heteroatoms. The molecule has 3 nitrogen and oxygen atoms in total. The molecule has 1 atom stereocenters. The van der Waals surface area contributed by atoms with Crippen LogP contribution in [0.3, 0.4) is 0 Å². The van der Waals surface area contributed by atoms with E-state index in [0.29, 0.717) is 11.4 Å². The van der Waals surface area contributed by atoms with Crippen molar-refractivity contribution in [2.45, 2.75) is 19.4 Å². The van der Waals surface area contributed by atoms with Crippen molar-refractivity contribution in [2.24, 2.45) is 0 Å². The molecule has 1 heterocycles. The predicted molar refractivity (Wildman–Crippen MR) is 79.0 cm³/mol. The van der Waals surface area contributed by atoms with Crippen molar-refractivity contribution >= 4 is 23.2 Å². The van der Waals surface area contributed by atoms with Crippen LogP contribution in [0.1, 0.15) is 28.4 Å². The van der Waals surface area contributed by atoms with Gasteiger partial charge in [-0.25, -0.2) is 0 Å². The van der Waals surface area contributed by atoms with Crippen molar-refractivity contribution < 1.29 is 9.90 Å². The zero-order valence-corrected chi connectivity index (χ0v) is 11.7. The summed E-state index contributed by atoms with van der Waals surface area (Å²) in [6.07, 6.45) is -0.406. The minimum absolute atomic E-state index is 0.0323.